The highest BCUT2D eigenvalue weighted by Gasteiger charge is 2.20. The Hall–Kier alpha value is -2.14. The average Bonchev–Trinajstić information content (AvgIpc) is 2.85. The van der Waals surface area contributed by atoms with Crippen molar-refractivity contribution in [2.75, 3.05) is 11.4 Å². The van der Waals surface area contributed by atoms with E-state index in [1.165, 1.54) is 11.4 Å². The second-order valence-electron chi connectivity index (χ2n) is 5.14. The maximum absolute atomic E-state index is 4.71. The first kappa shape index (κ1) is 13.8. The second-order valence-corrected chi connectivity index (χ2v) is 5.14. The molecule has 3 heterocycles. The van der Waals surface area contributed by atoms with Crippen LogP contribution in [0, 0.1) is 6.92 Å². The van der Waals surface area contributed by atoms with Gasteiger partial charge >= 0.3 is 0 Å². The zero-order chi connectivity index (χ0) is 13.5. The topological polar surface area (TPSA) is 57.7 Å². The minimum absolute atomic E-state index is 0. The quantitative estimate of drug-likeness (QED) is 0.751. The van der Waals surface area contributed by atoms with Gasteiger partial charge in [-0.15, -0.1) is 12.4 Å². The SMILES string of the molecule is Cc1nc2c([nH]1)CN(c1cnc3ccccc3n1)CC2.Cl. The fourth-order valence-corrected chi connectivity index (χ4v) is 2.73. The molecule has 1 aliphatic rings. The molecular weight excluding hydrogens is 286 g/mol. The molecule has 0 saturated carbocycles. The number of fused-ring (bicyclic) bond motifs is 2. The lowest BCUT2D eigenvalue weighted by Crippen LogP contribution is -2.31. The zero-order valence-corrected chi connectivity index (χ0v) is 12.5. The van der Waals surface area contributed by atoms with Crippen LogP contribution >= 0.6 is 12.4 Å². The number of anilines is 1. The molecule has 5 nitrogen and oxygen atoms in total. The first-order chi connectivity index (χ1) is 9.79. The van der Waals surface area contributed by atoms with E-state index in [1.807, 2.05) is 37.4 Å². The first-order valence-corrected chi connectivity index (χ1v) is 6.81. The Kier molecular flexibility index (Phi) is 3.51. The summed E-state index contributed by atoms with van der Waals surface area (Å²) in [6.45, 7) is 3.76. The summed E-state index contributed by atoms with van der Waals surface area (Å²) in [6.07, 6.45) is 2.81. The van der Waals surface area contributed by atoms with Crippen molar-refractivity contribution in [3.05, 3.63) is 47.7 Å². The van der Waals surface area contributed by atoms with Gasteiger partial charge < -0.3 is 9.88 Å². The number of H-pyrrole nitrogens is 1. The van der Waals surface area contributed by atoms with Crippen molar-refractivity contribution >= 4 is 29.3 Å². The van der Waals surface area contributed by atoms with Crippen LogP contribution < -0.4 is 4.90 Å². The molecule has 0 atom stereocenters. The van der Waals surface area contributed by atoms with Crippen LogP contribution in [0.25, 0.3) is 11.0 Å². The smallest absolute Gasteiger partial charge is 0.148 e. The van der Waals surface area contributed by atoms with Crippen LogP contribution in [0.3, 0.4) is 0 Å². The molecule has 0 radical (unpaired) electrons. The van der Waals surface area contributed by atoms with Gasteiger partial charge in [0.25, 0.3) is 0 Å². The standard InChI is InChI=1S/C15H15N5.ClH/c1-10-17-13-6-7-20(9-14(13)18-10)15-8-16-11-4-2-3-5-12(11)19-15;/h2-5,8H,6-7,9H2,1H3,(H,17,18);1H. The number of hydrogen-bond donors (Lipinski definition) is 1. The summed E-state index contributed by atoms with van der Waals surface area (Å²) in [6, 6.07) is 7.96. The van der Waals surface area contributed by atoms with E-state index >= 15 is 0 Å². The van der Waals surface area contributed by atoms with Gasteiger partial charge in [-0.2, -0.15) is 0 Å². The van der Waals surface area contributed by atoms with Crippen LogP contribution in [0.4, 0.5) is 5.82 Å². The Labute approximate surface area is 128 Å². The largest absolute Gasteiger partial charge is 0.349 e. The van der Waals surface area contributed by atoms with E-state index in [4.69, 9.17) is 4.98 Å². The highest BCUT2D eigenvalue weighted by atomic mass is 35.5. The minimum atomic E-state index is 0. The van der Waals surface area contributed by atoms with Gasteiger partial charge in [0.15, 0.2) is 0 Å². The summed E-state index contributed by atoms with van der Waals surface area (Å²) in [5, 5.41) is 0. The van der Waals surface area contributed by atoms with Crippen LogP contribution in [0.5, 0.6) is 0 Å². The van der Waals surface area contributed by atoms with Crippen LogP contribution in [0.1, 0.15) is 17.2 Å². The van der Waals surface area contributed by atoms with Crippen molar-refractivity contribution < 1.29 is 0 Å². The molecule has 0 unspecified atom stereocenters. The van der Waals surface area contributed by atoms with E-state index in [9.17, 15) is 0 Å². The van der Waals surface area contributed by atoms with Crippen LogP contribution in [0.2, 0.25) is 0 Å². The number of imidazole rings is 1. The second kappa shape index (κ2) is 5.33. The van der Waals surface area contributed by atoms with Crippen LogP contribution in [-0.2, 0) is 13.0 Å². The van der Waals surface area contributed by atoms with Crippen molar-refractivity contribution in [2.45, 2.75) is 19.9 Å². The number of hydrogen-bond acceptors (Lipinski definition) is 4. The lowest BCUT2D eigenvalue weighted by molar-refractivity contribution is 0.701. The molecule has 2 aromatic heterocycles. The van der Waals surface area contributed by atoms with E-state index in [-0.39, 0.29) is 12.4 Å². The molecule has 1 aromatic carbocycles. The van der Waals surface area contributed by atoms with Crippen LogP contribution in [0.15, 0.2) is 30.5 Å². The molecule has 0 spiro atoms. The summed E-state index contributed by atoms with van der Waals surface area (Å²) >= 11 is 0. The molecule has 0 amide bonds. The van der Waals surface area contributed by atoms with Gasteiger partial charge in [0.1, 0.15) is 11.6 Å². The summed E-state index contributed by atoms with van der Waals surface area (Å²) in [5.74, 6) is 1.92. The number of para-hydroxylation sites is 2. The van der Waals surface area contributed by atoms with Gasteiger partial charge in [-0.05, 0) is 19.1 Å². The monoisotopic (exact) mass is 301 g/mol. The number of nitrogens with zero attached hydrogens (tertiary/aromatic N) is 4. The van der Waals surface area contributed by atoms with E-state index in [1.54, 1.807) is 0 Å². The minimum Gasteiger partial charge on any atom is -0.349 e. The number of aryl methyl sites for hydroxylation is 1. The Bertz CT molecular complexity index is 783. The number of aromatic amines is 1. The van der Waals surface area contributed by atoms with E-state index in [2.05, 4.69) is 19.9 Å². The van der Waals surface area contributed by atoms with Gasteiger partial charge in [-0.3, -0.25) is 4.98 Å². The fourth-order valence-electron chi connectivity index (χ4n) is 2.73. The molecule has 0 bridgehead atoms. The molecule has 21 heavy (non-hydrogen) atoms. The first-order valence-electron chi connectivity index (χ1n) is 6.81. The number of nitrogens with one attached hydrogen (secondary N) is 1. The Morgan fingerprint density at radius 3 is 2.81 bits per heavy atom. The number of rotatable bonds is 1. The third-order valence-electron chi connectivity index (χ3n) is 3.71. The van der Waals surface area contributed by atoms with Crippen molar-refractivity contribution in [3.63, 3.8) is 0 Å². The maximum Gasteiger partial charge on any atom is 0.148 e. The van der Waals surface area contributed by atoms with Crippen molar-refractivity contribution in [1.29, 1.82) is 0 Å². The van der Waals surface area contributed by atoms with E-state index in [0.29, 0.717) is 0 Å². The molecule has 1 N–H and O–H groups in total. The molecule has 1 aliphatic heterocycles. The Balaban J connectivity index is 0.00000132. The van der Waals surface area contributed by atoms with Gasteiger partial charge in [0.05, 0.1) is 35.2 Å². The van der Waals surface area contributed by atoms with Crippen molar-refractivity contribution in [1.82, 2.24) is 19.9 Å². The maximum atomic E-state index is 4.71. The van der Waals surface area contributed by atoms with Crippen LogP contribution in [-0.4, -0.2) is 26.5 Å². The lowest BCUT2D eigenvalue weighted by atomic mass is 10.1. The van der Waals surface area contributed by atoms with Crippen molar-refractivity contribution in [3.8, 4) is 0 Å². The number of halogens is 1. The summed E-state index contributed by atoms with van der Waals surface area (Å²) in [5.41, 5.74) is 4.26. The average molecular weight is 302 g/mol. The molecule has 108 valence electrons. The molecule has 3 aromatic rings. The summed E-state index contributed by atoms with van der Waals surface area (Å²) in [4.78, 5) is 19.3. The predicted octanol–water partition coefficient (Wildman–Crippen LogP) is 2.65. The highest BCUT2D eigenvalue weighted by molar-refractivity contribution is 5.85. The molecular formula is C15H16ClN5. The molecule has 0 fully saturated rings. The predicted molar refractivity (Wildman–Crippen MR) is 84.9 cm³/mol. The third kappa shape index (κ3) is 2.45. The Morgan fingerprint density at radius 1 is 1.14 bits per heavy atom. The highest BCUT2D eigenvalue weighted by Crippen LogP contribution is 2.22. The van der Waals surface area contributed by atoms with Gasteiger partial charge in [0.2, 0.25) is 0 Å². The molecule has 0 saturated heterocycles. The van der Waals surface area contributed by atoms with Crippen molar-refractivity contribution in [2.24, 2.45) is 0 Å². The Morgan fingerprint density at radius 2 is 1.95 bits per heavy atom. The van der Waals surface area contributed by atoms with Gasteiger partial charge in [-0.1, -0.05) is 12.1 Å². The fraction of sp³-hybridized carbons (Fsp3) is 0.267. The summed E-state index contributed by atoms with van der Waals surface area (Å²) in [7, 11) is 0. The third-order valence-corrected chi connectivity index (χ3v) is 3.71. The molecule has 0 aliphatic carbocycles. The van der Waals surface area contributed by atoms with Gasteiger partial charge in [-0.25, -0.2) is 9.97 Å². The molecule has 4 rings (SSSR count). The number of benzene rings is 1. The van der Waals surface area contributed by atoms with E-state index in [0.717, 1.165) is 42.2 Å². The van der Waals surface area contributed by atoms with E-state index < -0.39 is 0 Å². The summed E-state index contributed by atoms with van der Waals surface area (Å²) < 4.78 is 0. The lowest BCUT2D eigenvalue weighted by Gasteiger charge is -2.27. The van der Waals surface area contributed by atoms with Gasteiger partial charge in [0, 0.05) is 13.0 Å². The normalized spacial score (nSPS) is 13.9. The number of aromatic nitrogens is 4. The zero-order valence-electron chi connectivity index (χ0n) is 11.7. The molecule has 6 heteroatoms.